The molecule has 6 heteroatoms. The van der Waals surface area contributed by atoms with Gasteiger partial charge in [-0.25, -0.2) is 9.97 Å². The van der Waals surface area contributed by atoms with Crippen molar-refractivity contribution in [1.82, 2.24) is 14.9 Å². The molecule has 2 heterocycles. The molecule has 1 unspecified atom stereocenters. The van der Waals surface area contributed by atoms with E-state index < -0.39 is 0 Å². The minimum atomic E-state index is 0.312. The van der Waals surface area contributed by atoms with E-state index in [9.17, 15) is 5.11 Å². The molecule has 1 aromatic rings. The molecule has 0 amide bonds. The van der Waals surface area contributed by atoms with Gasteiger partial charge in [0.05, 0.1) is 0 Å². The van der Waals surface area contributed by atoms with Gasteiger partial charge in [0, 0.05) is 32.4 Å². The quantitative estimate of drug-likeness (QED) is 0.606. The van der Waals surface area contributed by atoms with Gasteiger partial charge in [-0.05, 0) is 37.6 Å². The maximum absolute atomic E-state index is 9.21. The summed E-state index contributed by atoms with van der Waals surface area (Å²) in [4.78, 5) is 10.9. The second-order valence-electron chi connectivity index (χ2n) is 4.85. The maximum Gasteiger partial charge on any atom is 0.189 e. The van der Waals surface area contributed by atoms with Crippen molar-refractivity contribution in [3.05, 3.63) is 12.3 Å². The molecule has 1 aromatic heterocycles. The van der Waals surface area contributed by atoms with E-state index in [0.717, 1.165) is 43.6 Å². The molecule has 106 valence electrons. The summed E-state index contributed by atoms with van der Waals surface area (Å²) >= 11 is 1.55. The molecule has 2 rings (SSSR count). The highest BCUT2D eigenvalue weighted by molar-refractivity contribution is 7.98. The summed E-state index contributed by atoms with van der Waals surface area (Å²) in [6.45, 7) is 4.33. The zero-order valence-electron chi connectivity index (χ0n) is 11.4. The molecule has 1 aliphatic rings. The lowest BCUT2D eigenvalue weighted by Crippen LogP contribution is -2.39. The molecule has 0 saturated carbocycles. The van der Waals surface area contributed by atoms with Crippen LogP contribution in [0.2, 0.25) is 0 Å². The van der Waals surface area contributed by atoms with E-state index >= 15 is 0 Å². The smallest absolute Gasteiger partial charge is 0.189 e. The zero-order valence-corrected chi connectivity index (χ0v) is 12.2. The minimum absolute atomic E-state index is 0.312. The van der Waals surface area contributed by atoms with E-state index in [4.69, 9.17) is 0 Å². The second kappa shape index (κ2) is 7.67. The number of rotatable bonds is 6. The molecule has 0 aliphatic carbocycles. The highest BCUT2D eigenvalue weighted by Gasteiger charge is 2.18. The predicted octanol–water partition coefficient (Wildman–Crippen LogP) is 1.31. The summed E-state index contributed by atoms with van der Waals surface area (Å²) in [5.41, 5.74) is 0. The van der Waals surface area contributed by atoms with Gasteiger partial charge in [0.2, 0.25) is 0 Å². The Hall–Kier alpha value is -0.850. The van der Waals surface area contributed by atoms with Crippen LogP contribution in [0.1, 0.15) is 12.8 Å². The highest BCUT2D eigenvalue weighted by Crippen LogP contribution is 2.15. The van der Waals surface area contributed by atoms with Crippen molar-refractivity contribution in [2.45, 2.75) is 18.0 Å². The van der Waals surface area contributed by atoms with Gasteiger partial charge in [-0.2, -0.15) is 0 Å². The third kappa shape index (κ3) is 4.63. The van der Waals surface area contributed by atoms with Gasteiger partial charge in [-0.1, -0.05) is 11.8 Å². The fourth-order valence-electron chi connectivity index (χ4n) is 2.38. The average Bonchev–Trinajstić information content (AvgIpc) is 2.48. The van der Waals surface area contributed by atoms with Crippen molar-refractivity contribution in [3.63, 3.8) is 0 Å². The van der Waals surface area contributed by atoms with Crippen LogP contribution in [0.25, 0.3) is 0 Å². The molecular formula is C13H22N4OS. The Morgan fingerprint density at radius 1 is 1.58 bits per heavy atom. The topological polar surface area (TPSA) is 61.3 Å². The lowest BCUT2D eigenvalue weighted by atomic mass is 9.99. The van der Waals surface area contributed by atoms with Crippen LogP contribution in [-0.4, -0.2) is 59.0 Å². The summed E-state index contributed by atoms with van der Waals surface area (Å²) in [5.74, 6) is 1.34. The van der Waals surface area contributed by atoms with E-state index in [0.29, 0.717) is 12.5 Å². The van der Waals surface area contributed by atoms with Crippen LogP contribution in [0.4, 0.5) is 5.82 Å². The zero-order chi connectivity index (χ0) is 13.5. The van der Waals surface area contributed by atoms with Crippen LogP contribution in [-0.2, 0) is 0 Å². The van der Waals surface area contributed by atoms with Crippen molar-refractivity contribution in [2.75, 3.05) is 44.4 Å². The number of hydrogen-bond donors (Lipinski definition) is 2. The van der Waals surface area contributed by atoms with Gasteiger partial charge in [0.15, 0.2) is 5.16 Å². The SMILES string of the molecule is CSc1nccc(NCCN2CCCC(CO)C2)n1. The normalized spacial score (nSPS) is 20.4. The predicted molar refractivity (Wildman–Crippen MR) is 78.6 cm³/mol. The number of likely N-dealkylation sites (tertiary alicyclic amines) is 1. The first-order valence-corrected chi connectivity index (χ1v) is 7.98. The maximum atomic E-state index is 9.21. The number of nitrogens with zero attached hydrogens (tertiary/aromatic N) is 3. The fourth-order valence-corrected chi connectivity index (χ4v) is 2.74. The van der Waals surface area contributed by atoms with Crippen LogP contribution in [0, 0.1) is 5.92 Å². The lowest BCUT2D eigenvalue weighted by Gasteiger charge is -2.31. The summed E-state index contributed by atoms with van der Waals surface area (Å²) in [5, 5.41) is 13.3. The van der Waals surface area contributed by atoms with E-state index in [1.165, 1.54) is 6.42 Å². The van der Waals surface area contributed by atoms with Gasteiger partial charge in [0.25, 0.3) is 0 Å². The lowest BCUT2D eigenvalue weighted by molar-refractivity contribution is 0.123. The van der Waals surface area contributed by atoms with Crippen molar-refractivity contribution in [2.24, 2.45) is 5.92 Å². The van der Waals surface area contributed by atoms with Crippen LogP contribution in [0.5, 0.6) is 0 Å². The number of nitrogens with one attached hydrogen (secondary N) is 1. The number of aliphatic hydroxyl groups excluding tert-OH is 1. The number of aliphatic hydroxyl groups is 1. The molecule has 0 spiro atoms. The molecule has 1 aliphatic heterocycles. The van der Waals surface area contributed by atoms with Gasteiger partial charge < -0.3 is 15.3 Å². The number of piperidine rings is 1. The molecule has 0 bridgehead atoms. The van der Waals surface area contributed by atoms with E-state index in [-0.39, 0.29) is 0 Å². The Morgan fingerprint density at radius 2 is 2.47 bits per heavy atom. The molecule has 2 N–H and O–H groups in total. The first-order valence-electron chi connectivity index (χ1n) is 6.76. The monoisotopic (exact) mass is 282 g/mol. The fraction of sp³-hybridized carbons (Fsp3) is 0.692. The number of anilines is 1. The minimum Gasteiger partial charge on any atom is -0.396 e. The molecule has 5 nitrogen and oxygen atoms in total. The van der Waals surface area contributed by atoms with Crippen LogP contribution >= 0.6 is 11.8 Å². The van der Waals surface area contributed by atoms with Crippen LogP contribution in [0.15, 0.2) is 17.4 Å². The summed E-state index contributed by atoms with van der Waals surface area (Å²) in [6.07, 6.45) is 6.10. The van der Waals surface area contributed by atoms with E-state index in [2.05, 4.69) is 20.2 Å². The third-order valence-electron chi connectivity index (χ3n) is 3.41. The molecule has 1 atom stereocenters. The van der Waals surface area contributed by atoms with E-state index in [1.54, 1.807) is 18.0 Å². The Balaban J connectivity index is 1.73. The molecule has 0 aromatic carbocycles. The average molecular weight is 282 g/mol. The van der Waals surface area contributed by atoms with Crippen molar-refractivity contribution >= 4 is 17.6 Å². The Kier molecular flexibility index (Phi) is 5.88. The third-order valence-corrected chi connectivity index (χ3v) is 3.97. The standard InChI is InChI=1S/C13H22N4OS/c1-19-13-15-5-4-12(16-13)14-6-8-17-7-2-3-11(9-17)10-18/h4-5,11,18H,2-3,6-10H2,1H3,(H,14,15,16). The molecule has 19 heavy (non-hydrogen) atoms. The summed E-state index contributed by atoms with van der Waals surface area (Å²) in [7, 11) is 0. The summed E-state index contributed by atoms with van der Waals surface area (Å²) in [6, 6.07) is 1.90. The number of aromatic nitrogens is 2. The van der Waals surface area contributed by atoms with Crippen molar-refractivity contribution < 1.29 is 5.11 Å². The van der Waals surface area contributed by atoms with Gasteiger partial charge >= 0.3 is 0 Å². The summed E-state index contributed by atoms with van der Waals surface area (Å²) < 4.78 is 0. The number of hydrogen-bond acceptors (Lipinski definition) is 6. The van der Waals surface area contributed by atoms with Gasteiger partial charge in [0.1, 0.15) is 5.82 Å². The molecule has 1 saturated heterocycles. The van der Waals surface area contributed by atoms with Gasteiger partial charge in [-0.3, -0.25) is 0 Å². The largest absolute Gasteiger partial charge is 0.396 e. The first-order chi connectivity index (χ1) is 9.31. The molecule has 0 radical (unpaired) electrons. The van der Waals surface area contributed by atoms with Crippen LogP contribution in [0.3, 0.4) is 0 Å². The highest BCUT2D eigenvalue weighted by atomic mass is 32.2. The Bertz CT molecular complexity index is 391. The van der Waals surface area contributed by atoms with Crippen LogP contribution < -0.4 is 5.32 Å². The van der Waals surface area contributed by atoms with Gasteiger partial charge in [-0.15, -0.1) is 0 Å². The second-order valence-corrected chi connectivity index (χ2v) is 5.62. The Morgan fingerprint density at radius 3 is 3.26 bits per heavy atom. The molecule has 1 fully saturated rings. The first kappa shape index (κ1) is 14.6. The van der Waals surface area contributed by atoms with Crippen molar-refractivity contribution in [1.29, 1.82) is 0 Å². The number of thioether (sulfide) groups is 1. The van der Waals surface area contributed by atoms with E-state index in [1.807, 2.05) is 12.3 Å². The van der Waals surface area contributed by atoms with Crippen molar-refractivity contribution in [3.8, 4) is 0 Å². The molecular weight excluding hydrogens is 260 g/mol. The Labute approximate surface area is 118 Å².